The minimum atomic E-state index is -4.64. The molecule has 0 aromatic heterocycles. The normalized spacial score (nSPS) is 17.6. The first kappa shape index (κ1) is 35.8. The Hall–Kier alpha value is -3.17. The zero-order valence-corrected chi connectivity index (χ0v) is 35.2. The van der Waals surface area contributed by atoms with Gasteiger partial charge in [0.1, 0.15) is 0 Å². The van der Waals surface area contributed by atoms with Gasteiger partial charge in [-0.25, -0.2) is 0 Å². The van der Waals surface area contributed by atoms with E-state index in [0.29, 0.717) is 0 Å². The van der Waals surface area contributed by atoms with Crippen LogP contribution in [-0.2, 0) is 12.4 Å². The summed E-state index contributed by atoms with van der Waals surface area (Å²) in [6.45, 7) is 7.86. The van der Waals surface area contributed by atoms with Gasteiger partial charge in [-0.05, 0) is 0 Å². The topological polar surface area (TPSA) is 0 Å². The van der Waals surface area contributed by atoms with Crippen LogP contribution in [0.4, 0.5) is 0 Å². The molecule has 263 valence electrons. The molecule has 2 atom stereocenters. The van der Waals surface area contributed by atoms with Crippen molar-refractivity contribution in [2.75, 3.05) is 0 Å². The summed E-state index contributed by atoms with van der Waals surface area (Å²) in [5.41, 5.74) is 13.5. The Bertz CT molecular complexity index is 2210. The van der Waals surface area contributed by atoms with Crippen LogP contribution in [0.15, 0.2) is 132 Å². The molecule has 0 saturated heterocycles. The molecular weight excluding hydrogens is 723 g/mol. The van der Waals surface area contributed by atoms with Gasteiger partial charge in [0.2, 0.25) is 0 Å². The maximum absolute atomic E-state index is 8.87. The van der Waals surface area contributed by atoms with Crippen molar-refractivity contribution in [3.05, 3.63) is 155 Å². The number of fused-ring (bicyclic) bond motifs is 4. The average molecular weight is 773 g/mol. The molecule has 0 saturated carbocycles. The zero-order chi connectivity index (χ0) is 36.1. The van der Waals surface area contributed by atoms with Gasteiger partial charge < -0.3 is 0 Å². The maximum atomic E-state index is 8.87. The number of hydrogen-bond donors (Lipinski definition) is 0. The number of benzene rings is 6. The molecule has 0 heterocycles. The number of unbranched alkanes of at least 4 members (excludes halogenated alkanes) is 2. The molecule has 52 heavy (non-hydrogen) atoms. The second-order valence-electron chi connectivity index (χ2n) is 15.6. The zero-order valence-electron chi connectivity index (χ0n) is 30.9. The fourth-order valence-electron chi connectivity index (χ4n) is 9.65. The molecule has 6 aromatic rings. The van der Waals surface area contributed by atoms with Crippen molar-refractivity contribution in [1.82, 2.24) is 0 Å². The molecule has 0 amide bonds. The molecule has 0 aliphatic heterocycles. The molecule has 2 aliphatic rings. The summed E-state index contributed by atoms with van der Waals surface area (Å²) in [5.74, 6) is 0. The van der Waals surface area contributed by atoms with Gasteiger partial charge in [-0.2, -0.15) is 0 Å². The second kappa shape index (κ2) is 14.2. The standard InChI is InChI=1S/2C23H21.C2H7Si.2ClH.Ti/c2*1-2-3-8-17-15-19-11-7-14-22(23(19)16-17)21-13-6-10-18-9-4-5-12-20(18)21;1-3-2;;;/h2*4-7,9-16H,2-3,8H2,1H3;3H,1-2H3;2*1H;/q;;;;;+2/p-2. The molecule has 0 fully saturated rings. The third-order valence-corrected chi connectivity index (χ3v) is 47.6. The Morgan fingerprint density at radius 1 is 0.500 bits per heavy atom. The van der Waals surface area contributed by atoms with Crippen molar-refractivity contribution >= 4 is 59.0 Å². The van der Waals surface area contributed by atoms with Crippen LogP contribution in [0.25, 0.3) is 56.0 Å². The summed E-state index contributed by atoms with van der Waals surface area (Å²) in [4.78, 5) is 0. The summed E-state index contributed by atoms with van der Waals surface area (Å²) in [6, 6.07) is 44.9. The third kappa shape index (κ3) is 5.75. The predicted octanol–water partition coefficient (Wildman–Crippen LogP) is 15.3. The fraction of sp³-hybridized carbons (Fsp3) is 0.250. The van der Waals surface area contributed by atoms with Crippen LogP contribution in [0.2, 0.25) is 13.1 Å². The minimum absolute atomic E-state index is 0.0747. The summed E-state index contributed by atoms with van der Waals surface area (Å²) in [5, 5.41) is 5.12. The third-order valence-electron chi connectivity index (χ3n) is 12.3. The summed E-state index contributed by atoms with van der Waals surface area (Å²) >= 11 is -4.64. The van der Waals surface area contributed by atoms with E-state index in [1.807, 2.05) is 0 Å². The summed E-state index contributed by atoms with van der Waals surface area (Å²) in [6.07, 6.45) is 11.7. The van der Waals surface area contributed by atoms with Crippen molar-refractivity contribution in [3.8, 4) is 22.3 Å². The Balaban J connectivity index is 1.36. The molecule has 8 rings (SSSR count). The van der Waals surface area contributed by atoms with E-state index in [1.54, 1.807) is 0 Å². The van der Waals surface area contributed by atoms with Gasteiger partial charge in [0.15, 0.2) is 0 Å². The van der Waals surface area contributed by atoms with Crippen LogP contribution in [0.1, 0.15) is 83.1 Å². The van der Waals surface area contributed by atoms with Crippen LogP contribution in [0.5, 0.6) is 0 Å². The number of rotatable bonds is 11. The number of halogens is 2. The summed E-state index contributed by atoms with van der Waals surface area (Å²) < 4.78 is 0.149. The molecule has 0 spiro atoms. The van der Waals surface area contributed by atoms with E-state index in [9.17, 15) is 0 Å². The van der Waals surface area contributed by atoms with Gasteiger partial charge in [-0.3, -0.25) is 0 Å². The molecule has 0 radical (unpaired) electrons. The first-order valence-corrected chi connectivity index (χ1v) is 31.2. The first-order chi connectivity index (χ1) is 25.3. The Kier molecular flexibility index (Phi) is 9.81. The van der Waals surface area contributed by atoms with E-state index >= 15 is 0 Å². The molecular formula is C48H49Cl2SiTi. The van der Waals surface area contributed by atoms with Gasteiger partial charge in [0.05, 0.1) is 0 Å². The van der Waals surface area contributed by atoms with Crippen molar-refractivity contribution in [1.29, 1.82) is 0 Å². The van der Waals surface area contributed by atoms with Gasteiger partial charge in [0.25, 0.3) is 0 Å². The van der Waals surface area contributed by atoms with Gasteiger partial charge in [-0.1, -0.05) is 0 Å². The molecule has 2 unspecified atom stereocenters. The van der Waals surface area contributed by atoms with E-state index in [4.69, 9.17) is 18.6 Å². The van der Waals surface area contributed by atoms with E-state index in [1.165, 1.54) is 77.2 Å². The predicted molar refractivity (Wildman–Crippen MR) is 230 cm³/mol. The van der Waals surface area contributed by atoms with Crippen molar-refractivity contribution in [3.63, 3.8) is 0 Å². The molecule has 0 bridgehead atoms. The average Bonchev–Trinajstić information content (AvgIpc) is 3.75. The summed E-state index contributed by atoms with van der Waals surface area (Å²) in [7, 11) is 17.7. The molecule has 2 aliphatic carbocycles. The van der Waals surface area contributed by atoms with E-state index in [2.05, 4.69) is 160 Å². The molecule has 0 N–H and O–H groups in total. The van der Waals surface area contributed by atoms with Crippen LogP contribution in [0.3, 0.4) is 0 Å². The fourth-order valence-corrected chi connectivity index (χ4v) is 30.8. The quantitative estimate of drug-likeness (QED) is 0.115. The van der Waals surface area contributed by atoms with Crippen molar-refractivity contribution in [2.24, 2.45) is 0 Å². The Morgan fingerprint density at radius 3 is 1.31 bits per heavy atom. The molecule has 6 aromatic carbocycles. The number of allylic oxidation sites excluding steroid dienone is 2. The van der Waals surface area contributed by atoms with Crippen LogP contribution in [-0.4, -0.2) is 6.66 Å². The number of hydrogen-bond acceptors (Lipinski definition) is 0. The van der Waals surface area contributed by atoms with E-state index in [-0.39, 0.29) is 8.45 Å². The molecule has 4 heteroatoms. The van der Waals surface area contributed by atoms with Crippen molar-refractivity contribution < 1.29 is 12.4 Å². The van der Waals surface area contributed by atoms with Crippen molar-refractivity contribution in [2.45, 2.75) is 73.9 Å². The monoisotopic (exact) mass is 771 g/mol. The second-order valence-corrected chi connectivity index (χ2v) is 44.8. The SMILES string of the molecule is CCCCC1=Cc2c(-c3cccc4ccccc34)cccc2[CH]1[Ti]([Cl])([Cl])([CH]1C(CCCC)=Cc2c(-c3cccc4ccccc34)cccc21)[SiH](C)C. The van der Waals surface area contributed by atoms with E-state index < -0.39 is 19.1 Å². The Labute approximate surface area is 320 Å². The van der Waals surface area contributed by atoms with Gasteiger partial charge >= 0.3 is 322 Å². The Morgan fingerprint density at radius 2 is 0.885 bits per heavy atom. The van der Waals surface area contributed by atoms with Gasteiger partial charge in [-0.15, -0.1) is 0 Å². The van der Waals surface area contributed by atoms with Crippen LogP contribution >= 0.6 is 18.6 Å². The first-order valence-electron chi connectivity index (χ1n) is 19.5. The van der Waals surface area contributed by atoms with E-state index in [0.717, 1.165) is 38.5 Å². The van der Waals surface area contributed by atoms with Crippen LogP contribution in [0, 0.1) is 0 Å². The van der Waals surface area contributed by atoms with Crippen LogP contribution < -0.4 is 0 Å². The van der Waals surface area contributed by atoms with Gasteiger partial charge in [0, 0.05) is 0 Å². The molecule has 0 nitrogen and oxygen atoms in total.